The Morgan fingerprint density at radius 2 is 1.68 bits per heavy atom. The first-order valence-corrected chi connectivity index (χ1v) is 16.5. The second-order valence-electron chi connectivity index (χ2n) is 10.6. The van der Waals surface area contributed by atoms with Gasteiger partial charge in [-0.15, -0.1) is 0 Å². The van der Waals surface area contributed by atoms with E-state index in [9.17, 15) is 18.0 Å². The predicted octanol–water partition coefficient (Wildman–Crippen LogP) is 6.02. The molecule has 41 heavy (non-hydrogen) atoms. The van der Waals surface area contributed by atoms with E-state index >= 15 is 0 Å². The van der Waals surface area contributed by atoms with E-state index in [1.807, 2.05) is 42.3 Å². The molecule has 4 rings (SSSR count). The molecule has 220 valence electrons. The summed E-state index contributed by atoms with van der Waals surface area (Å²) in [6.45, 7) is 4.44. The van der Waals surface area contributed by atoms with Crippen LogP contribution in [-0.4, -0.2) is 53.1 Å². The van der Waals surface area contributed by atoms with Gasteiger partial charge in [-0.1, -0.05) is 54.2 Å². The third-order valence-corrected chi connectivity index (χ3v) is 9.84. The third kappa shape index (κ3) is 8.30. The Labute approximate surface area is 251 Å². The van der Waals surface area contributed by atoms with Crippen LogP contribution in [0.2, 0.25) is 0 Å². The van der Waals surface area contributed by atoms with Crippen LogP contribution < -0.4 is 5.32 Å². The van der Waals surface area contributed by atoms with E-state index in [4.69, 9.17) is 0 Å². The number of nitrogens with one attached hydrogen (secondary N) is 1. The summed E-state index contributed by atoms with van der Waals surface area (Å²) in [5.74, 6) is -0.412. The van der Waals surface area contributed by atoms with Crippen molar-refractivity contribution in [1.29, 1.82) is 0 Å². The van der Waals surface area contributed by atoms with Crippen molar-refractivity contribution >= 4 is 43.5 Å². The van der Waals surface area contributed by atoms with Gasteiger partial charge in [-0.05, 0) is 73.4 Å². The van der Waals surface area contributed by atoms with Crippen LogP contribution in [0.4, 0.5) is 5.69 Å². The lowest BCUT2D eigenvalue weighted by Crippen LogP contribution is -2.47. The Hall–Kier alpha value is -2.95. The van der Waals surface area contributed by atoms with Crippen molar-refractivity contribution in [2.75, 3.05) is 18.4 Å². The minimum absolute atomic E-state index is 0.0791. The Bertz CT molecular complexity index is 1420. The number of amides is 2. The number of anilines is 1. The minimum Gasteiger partial charge on any atom is -0.345 e. The standard InChI is InChI=1S/C31H39BrN4O4S/c1-3-19-35(41(39,40)30-17-15-27(16-18-30)33-24(2)37)23-31(38)36(28-8-5-4-6-9-28)22-29-10-7-20-34(29)21-25-11-13-26(32)14-12-25/h7,10-18,20,28H,3-6,8-9,19,21-23H2,1-2H3,(H,33,37). The van der Waals surface area contributed by atoms with Crippen LogP contribution in [0.5, 0.6) is 0 Å². The van der Waals surface area contributed by atoms with Gasteiger partial charge in [0, 0.05) is 48.1 Å². The SMILES string of the molecule is CCCN(CC(=O)N(Cc1cccn1Cc1ccc(Br)cc1)C1CCCCC1)S(=O)(=O)c1ccc(NC(C)=O)cc1. The van der Waals surface area contributed by atoms with Gasteiger partial charge in [0.05, 0.1) is 18.0 Å². The molecule has 10 heteroatoms. The molecule has 2 amide bonds. The van der Waals surface area contributed by atoms with Crippen LogP contribution in [0.15, 0.2) is 76.2 Å². The molecule has 8 nitrogen and oxygen atoms in total. The number of halogens is 1. The molecule has 0 bridgehead atoms. The molecule has 2 aromatic carbocycles. The summed E-state index contributed by atoms with van der Waals surface area (Å²) >= 11 is 3.49. The van der Waals surface area contributed by atoms with Gasteiger partial charge in [0.2, 0.25) is 21.8 Å². The topological polar surface area (TPSA) is 91.7 Å². The monoisotopic (exact) mass is 642 g/mol. The summed E-state index contributed by atoms with van der Waals surface area (Å²) in [6, 6.07) is 18.4. The fourth-order valence-corrected chi connectivity index (χ4v) is 7.11. The molecule has 3 aromatic rings. The summed E-state index contributed by atoms with van der Waals surface area (Å²) < 4.78 is 31.8. The molecule has 0 aliphatic heterocycles. The third-order valence-electron chi connectivity index (χ3n) is 7.45. The Balaban J connectivity index is 1.55. The minimum atomic E-state index is -3.92. The largest absolute Gasteiger partial charge is 0.345 e. The maximum Gasteiger partial charge on any atom is 0.243 e. The van der Waals surface area contributed by atoms with Crippen molar-refractivity contribution in [3.8, 4) is 0 Å². The van der Waals surface area contributed by atoms with Gasteiger partial charge in [0.15, 0.2) is 0 Å². The highest BCUT2D eigenvalue weighted by molar-refractivity contribution is 9.10. The molecule has 1 aliphatic rings. The van der Waals surface area contributed by atoms with Crippen molar-refractivity contribution in [3.05, 3.63) is 82.6 Å². The van der Waals surface area contributed by atoms with E-state index in [0.717, 1.165) is 47.8 Å². The van der Waals surface area contributed by atoms with E-state index in [0.29, 0.717) is 25.2 Å². The molecular formula is C31H39BrN4O4S. The summed E-state index contributed by atoms with van der Waals surface area (Å²) in [5, 5.41) is 2.65. The number of carbonyl (C=O) groups is 2. The summed E-state index contributed by atoms with van der Waals surface area (Å²) in [4.78, 5) is 27.3. The number of hydrogen-bond donors (Lipinski definition) is 1. The van der Waals surface area contributed by atoms with Gasteiger partial charge in [0.1, 0.15) is 0 Å². The molecule has 1 aromatic heterocycles. The number of aromatic nitrogens is 1. The summed E-state index contributed by atoms with van der Waals surface area (Å²) in [6.07, 6.45) is 7.73. The van der Waals surface area contributed by atoms with Crippen LogP contribution in [0.25, 0.3) is 0 Å². The Kier molecular flexibility index (Phi) is 10.8. The zero-order valence-electron chi connectivity index (χ0n) is 23.8. The zero-order chi connectivity index (χ0) is 29.4. The van der Waals surface area contributed by atoms with Crippen molar-refractivity contribution in [2.24, 2.45) is 0 Å². The molecule has 1 saturated carbocycles. The molecule has 0 saturated heterocycles. The lowest BCUT2D eigenvalue weighted by atomic mass is 9.94. The molecule has 0 spiro atoms. The predicted molar refractivity (Wildman–Crippen MR) is 165 cm³/mol. The van der Waals surface area contributed by atoms with Gasteiger partial charge >= 0.3 is 0 Å². The maximum absolute atomic E-state index is 14.0. The molecule has 0 atom stereocenters. The van der Waals surface area contributed by atoms with E-state index in [2.05, 4.69) is 37.9 Å². The average Bonchev–Trinajstić information content (AvgIpc) is 3.39. The molecule has 0 unspecified atom stereocenters. The van der Waals surface area contributed by atoms with E-state index in [1.54, 1.807) is 12.1 Å². The lowest BCUT2D eigenvalue weighted by Gasteiger charge is -2.36. The second-order valence-corrected chi connectivity index (χ2v) is 13.5. The van der Waals surface area contributed by atoms with Crippen molar-refractivity contribution in [3.63, 3.8) is 0 Å². The highest BCUT2D eigenvalue weighted by atomic mass is 79.9. The fraction of sp³-hybridized carbons (Fsp3) is 0.419. The molecule has 1 fully saturated rings. The number of carbonyl (C=O) groups excluding carboxylic acids is 2. The van der Waals surface area contributed by atoms with Crippen LogP contribution in [0, 0.1) is 0 Å². The van der Waals surface area contributed by atoms with Crippen molar-refractivity contribution < 1.29 is 18.0 Å². The Morgan fingerprint density at radius 3 is 2.32 bits per heavy atom. The van der Waals surface area contributed by atoms with Crippen LogP contribution in [-0.2, 0) is 32.7 Å². The molecular weight excluding hydrogens is 604 g/mol. The van der Waals surface area contributed by atoms with Gasteiger partial charge in [0.25, 0.3) is 0 Å². The number of hydrogen-bond acceptors (Lipinski definition) is 4. The zero-order valence-corrected chi connectivity index (χ0v) is 26.2. The van der Waals surface area contributed by atoms with Crippen molar-refractivity contribution in [2.45, 2.75) is 76.4 Å². The second kappa shape index (κ2) is 14.3. The van der Waals surface area contributed by atoms with E-state index < -0.39 is 10.0 Å². The van der Waals surface area contributed by atoms with Crippen molar-refractivity contribution in [1.82, 2.24) is 13.8 Å². The van der Waals surface area contributed by atoms with Gasteiger partial charge in [-0.25, -0.2) is 8.42 Å². The first kappa shape index (κ1) is 31.0. The van der Waals surface area contributed by atoms with Crippen LogP contribution in [0.1, 0.15) is 63.6 Å². The van der Waals surface area contributed by atoms with Crippen LogP contribution in [0.3, 0.4) is 0 Å². The highest BCUT2D eigenvalue weighted by Crippen LogP contribution is 2.26. The number of sulfonamides is 1. The quantitative estimate of drug-likeness (QED) is 0.262. The number of rotatable bonds is 12. The van der Waals surface area contributed by atoms with Crippen LogP contribution >= 0.6 is 15.9 Å². The smallest absolute Gasteiger partial charge is 0.243 e. The molecule has 1 heterocycles. The fourth-order valence-electron chi connectivity index (χ4n) is 5.36. The number of benzene rings is 2. The summed E-state index contributed by atoms with van der Waals surface area (Å²) in [5.41, 5.74) is 2.69. The van der Waals surface area contributed by atoms with E-state index in [-0.39, 0.29) is 35.8 Å². The summed E-state index contributed by atoms with van der Waals surface area (Å²) in [7, 11) is -3.92. The van der Waals surface area contributed by atoms with Gasteiger partial charge in [-0.2, -0.15) is 4.31 Å². The molecule has 1 N–H and O–H groups in total. The first-order chi connectivity index (χ1) is 19.7. The molecule has 1 aliphatic carbocycles. The Morgan fingerprint density at radius 1 is 1.00 bits per heavy atom. The van der Waals surface area contributed by atoms with E-state index in [1.165, 1.54) is 23.4 Å². The lowest BCUT2D eigenvalue weighted by molar-refractivity contribution is -0.135. The highest BCUT2D eigenvalue weighted by Gasteiger charge is 2.31. The molecule has 0 radical (unpaired) electrons. The van der Waals surface area contributed by atoms with Gasteiger partial charge < -0.3 is 14.8 Å². The number of nitrogens with zero attached hydrogens (tertiary/aromatic N) is 3. The maximum atomic E-state index is 14.0. The average molecular weight is 644 g/mol. The normalized spacial score (nSPS) is 14.2. The first-order valence-electron chi connectivity index (χ1n) is 14.2. The van der Waals surface area contributed by atoms with Gasteiger partial charge in [-0.3, -0.25) is 9.59 Å².